The van der Waals surface area contributed by atoms with E-state index in [0.29, 0.717) is 23.7 Å². The Bertz CT molecular complexity index is 925. The van der Waals surface area contributed by atoms with E-state index in [1.54, 1.807) is 23.1 Å². The van der Waals surface area contributed by atoms with Gasteiger partial charge < -0.3 is 10.2 Å². The van der Waals surface area contributed by atoms with E-state index >= 15 is 0 Å². The van der Waals surface area contributed by atoms with Gasteiger partial charge in [0.05, 0.1) is 16.1 Å². The number of hydrogen-bond acceptors (Lipinski definition) is 3. The Labute approximate surface area is 175 Å². The van der Waals surface area contributed by atoms with Crippen molar-refractivity contribution in [1.82, 2.24) is 14.7 Å². The molecule has 5 nitrogen and oxygen atoms in total. The van der Waals surface area contributed by atoms with Gasteiger partial charge in [-0.2, -0.15) is 18.3 Å². The van der Waals surface area contributed by atoms with Crippen molar-refractivity contribution in [3.8, 4) is 0 Å². The second-order valence-corrected chi connectivity index (χ2v) is 8.19. The van der Waals surface area contributed by atoms with E-state index < -0.39 is 18.3 Å². The third kappa shape index (κ3) is 4.05. The fourth-order valence-corrected chi connectivity index (χ4v) is 4.19. The molecule has 3 heterocycles. The Morgan fingerprint density at radius 1 is 1.10 bits per heavy atom. The second kappa shape index (κ2) is 7.72. The number of nitrogens with one attached hydrogen (secondary N) is 1. The van der Waals surface area contributed by atoms with Crippen LogP contribution in [0, 0.1) is 0 Å². The summed E-state index contributed by atoms with van der Waals surface area (Å²) < 4.78 is 42.2. The Balaban J connectivity index is 1.67. The maximum absolute atomic E-state index is 13.8. The number of nitrogens with zero attached hydrogens (tertiary/aromatic N) is 3. The highest BCUT2D eigenvalue weighted by atomic mass is 35.5. The molecule has 10 heteroatoms. The second-order valence-electron chi connectivity index (χ2n) is 7.38. The molecule has 156 valence electrons. The number of hydrogen-bond donors (Lipinski definition) is 1. The molecule has 1 N–H and O–H groups in total. The van der Waals surface area contributed by atoms with E-state index in [9.17, 15) is 18.0 Å². The Hall–Kier alpha value is -1.93. The SMILES string of the molecule is O=C(c1cc2n(n1)C(C(F)(F)F)CC(c1ccc(Cl)c(Cl)c1)N2)N1CCCCC1. The smallest absolute Gasteiger partial charge is 0.363 e. The van der Waals surface area contributed by atoms with Crippen LogP contribution in [0.4, 0.5) is 19.0 Å². The van der Waals surface area contributed by atoms with Gasteiger partial charge in [0, 0.05) is 25.6 Å². The highest BCUT2D eigenvalue weighted by Gasteiger charge is 2.47. The largest absolute Gasteiger partial charge is 0.410 e. The lowest BCUT2D eigenvalue weighted by Crippen LogP contribution is -2.37. The number of carbonyl (C=O) groups is 1. The molecule has 1 aromatic carbocycles. The van der Waals surface area contributed by atoms with Crippen molar-refractivity contribution < 1.29 is 18.0 Å². The highest BCUT2D eigenvalue weighted by molar-refractivity contribution is 6.42. The molecule has 2 unspecified atom stereocenters. The van der Waals surface area contributed by atoms with Gasteiger partial charge in [-0.1, -0.05) is 29.3 Å². The summed E-state index contributed by atoms with van der Waals surface area (Å²) >= 11 is 12.0. The first-order valence-electron chi connectivity index (χ1n) is 9.41. The van der Waals surface area contributed by atoms with Crippen LogP contribution < -0.4 is 5.32 Å². The normalized spacial score (nSPS) is 22.2. The topological polar surface area (TPSA) is 50.2 Å². The molecule has 0 saturated carbocycles. The number of fused-ring (bicyclic) bond motifs is 1. The van der Waals surface area contributed by atoms with Crippen LogP contribution in [0.2, 0.25) is 10.0 Å². The number of anilines is 1. The third-order valence-electron chi connectivity index (χ3n) is 5.40. The maximum Gasteiger partial charge on any atom is 0.410 e. The lowest BCUT2D eigenvalue weighted by Gasteiger charge is -2.33. The molecule has 1 saturated heterocycles. The van der Waals surface area contributed by atoms with Crippen LogP contribution in [-0.2, 0) is 0 Å². The first-order chi connectivity index (χ1) is 13.7. The number of rotatable bonds is 2. The average Bonchev–Trinajstić information content (AvgIpc) is 3.12. The quantitative estimate of drug-likeness (QED) is 0.664. The molecule has 2 atom stereocenters. The predicted molar refractivity (Wildman–Crippen MR) is 105 cm³/mol. The third-order valence-corrected chi connectivity index (χ3v) is 6.14. The number of aromatic nitrogens is 2. The molecule has 2 aromatic rings. The zero-order chi connectivity index (χ0) is 20.8. The van der Waals surface area contributed by atoms with E-state index in [1.165, 1.54) is 6.07 Å². The summed E-state index contributed by atoms with van der Waals surface area (Å²) in [6.45, 7) is 1.20. The maximum atomic E-state index is 13.8. The van der Waals surface area contributed by atoms with Crippen molar-refractivity contribution in [3.63, 3.8) is 0 Å². The summed E-state index contributed by atoms with van der Waals surface area (Å²) in [6, 6.07) is 3.67. The molecule has 0 radical (unpaired) electrons. The summed E-state index contributed by atoms with van der Waals surface area (Å²) in [5, 5.41) is 7.70. The van der Waals surface area contributed by atoms with Crippen LogP contribution in [0.1, 0.15) is 53.8 Å². The molecule has 4 rings (SSSR count). The fourth-order valence-electron chi connectivity index (χ4n) is 3.88. The van der Waals surface area contributed by atoms with Gasteiger partial charge in [0.15, 0.2) is 11.7 Å². The number of amides is 1. The van der Waals surface area contributed by atoms with Gasteiger partial charge in [0.1, 0.15) is 5.82 Å². The van der Waals surface area contributed by atoms with Gasteiger partial charge in [0.25, 0.3) is 5.91 Å². The molecule has 0 bridgehead atoms. The molecule has 2 aliphatic rings. The zero-order valence-electron chi connectivity index (χ0n) is 15.3. The van der Waals surface area contributed by atoms with Gasteiger partial charge in [-0.15, -0.1) is 0 Å². The standard InChI is InChI=1S/C19H19Cl2F3N4O/c20-12-5-4-11(8-13(12)21)14-9-16(19(22,23)24)28-17(25-14)10-15(26-28)18(29)27-6-2-1-3-7-27/h4-5,8,10,14,16,25H,1-3,6-7,9H2. The number of piperidine rings is 1. The van der Waals surface area contributed by atoms with Crippen molar-refractivity contribution >= 4 is 34.9 Å². The Kier molecular flexibility index (Phi) is 5.42. The number of halogens is 5. The molecule has 1 aromatic heterocycles. The minimum absolute atomic E-state index is 0.0263. The van der Waals surface area contributed by atoms with E-state index in [-0.39, 0.29) is 28.9 Å². The van der Waals surface area contributed by atoms with Gasteiger partial charge >= 0.3 is 6.18 Å². The van der Waals surface area contributed by atoms with Crippen LogP contribution in [0.25, 0.3) is 0 Å². The van der Waals surface area contributed by atoms with E-state index in [1.807, 2.05) is 0 Å². The molecule has 0 aliphatic carbocycles. The summed E-state index contributed by atoms with van der Waals surface area (Å²) in [6.07, 6.45) is -1.95. The molecule has 2 aliphatic heterocycles. The molecule has 1 fully saturated rings. The zero-order valence-corrected chi connectivity index (χ0v) is 16.9. The van der Waals surface area contributed by atoms with Crippen LogP contribution in [0.15, 0.2) is 24.3 Å². The average molecular weight is 447 g/mol. The van der Waals surface area contributed by atoms with Crippen LogP contribution >= 0.6 is 23.2 Å². The van der Waals surface area contributed by atoms with Crippen LogP contribution in [0.5, 0.6) is 0 Å². The summed E-state index contributed by atoms with van der Waals surface area (Å²) in [5.74, 6) is -0.171. The fraction of sp³-hybridized carbons (Fsp3) is 0.474. The monoisotopic (exact) mass is 446 g/mol. The lowest BCUT2D eigenvalue weighted by molar-refractivity contribution is -0.173. The Morgan fingerprint density at radius 2 is 1.83 bits per heavy atom. The highest BCUT2D eigenvalue weighted by Crippen LogP contribution is 2.44. The van der Waals surface area contributed by atoms with Gasteiger partial charge in [-0.05, 0) is 37.0 Å². The first-order valence-corrected chi connectivity index (χ1v) is 10.2. The van der Waals surface area contributed by atoms with Gasteiger partial charge in [0.2, 0.25) is 0 Å². The van der Waals surface area contributed by atoms with Crippen molar-refractivity contribution in [2.45, 2.75) is 43.9 Å². The number of carbonyl (C=O) groups excluding carboxylic acids is 1. The van der Waals surface area contributed by atoms with Crippen molar-refractivity contribution in [3.05, 3.63) is 45.6 Å². The minimum Gasteiger partial charge on any atom is -0.363 e. The van der Waals surface area contributed by atoms with Crippen LogP contribution in [-0.4, -0.2) is 39.9 Å². The summed E-state index contributed by atoms with van der Waals surface area (Å²) in [5.41, 5.74) is 0.614. The summed E-state index contributed by atoms with van der Waals surface area (Å²) in [4.78, 5) is 14.4. The first kappa shape index (κ1) is 20.3. The Morgan fingerprint density at radius 3 is 2.48 bits per heavy atom. The minimum atomic E-state index is -4.51. The van der Waals surface area contributed by atoms with Crippen molar-refractivity contribution in [2.24, 2.45) is 0 Å². The number of likely N-dealkylation sites (tertiary alicyclic amines) is 1. The van der Waals surface area contributed by atoms with Crippen molar-refractivity contribution in [2.75, 3.05) is 18.4 Å². The molecule has 29 heavy (non-hydrogen) atoms. The number of benzene rings is 1. The van der Waals surface area contributed by atoms with E-state index in [0.717, 1.165) is 23.9 Å². The predicted octanol–water partition coefficient (Wildman–Crippen LogP) is 5.48. The van der Waals surface area contributed by atoms with E-state index in [4.69, 9.17) is 23.2 Å². The van der Waals surface area contributed by atoms with Gasteiger partial charge in [-0.3, -0.25) is 4.79 Å². The van der Waals surface area contributed by atoms with Crippen LogP contribution in [0.3, 0.4) is 0 Å². The molecule has 1 amide bonds. The van der Waals surface area contributed by atoms with Gasteiger partial charge in [-0.25, -0.2) is 4.68 Å². The summed E-state index contributed by atoms with van der Waals surface area (Å²) in [7, 11) is 0. The molecule has 0 spiro atoms. The molecular weight excluding hydrogens is 428 g/mol. The van der Waals surface area contributed by atoms with E-state index in [2.05, 4.69) is 10.4 Å². The lowest BCUT2D eigenvalue weighted by atomic mass is 9.97. The number of alkyl halides is 3. The van der Waals surface area contributed by atoms with Crippen molar-refractivity contribution in [1.29, 1.82) is 0 Å². The molecular formula is C19H19Cl2F3N4O.